The number of nitrogens with zero attached hydrogens (tertiary/aromatic N) is 3. The third kappa shape index (κ3) is 4.38. The number of nitrogens with one attached hydrogen (secondary N) is 1. The van der Waals surface area contributed by atoms with Crippen molar-refractivity contribution in [2.24, 2.45) is 0 Å². The van der Waals surface area contributed by atoms with E-state index in [1.54, 1.807) is 11.0 Å². The lowest BCUT2D eigenvalue weighted by Crippen LogP contribution is -2.27. The Kier molecular flexibility index (Phi) is 4.02. The summed E-state index contributed by atoms with van der Waals surface area (Å²) in [6.45, 7) is 6.08. The van der Waals surface area contributed by atoms with Crippen LogP contribution in [0.4, 0.5) is 10.5 Å². The monoisotopic (exact) mass is 274 g/mol. The Hall–Kier alpha value is -2.37. The molecule has 0 spiro atoms. The molecular weight excluding hydrogens is 256 g/mol. The number of carbonyl (C=O) groups excluding carboxylic acids is 1. The lowest BCUT2D eigenvalue weighted by molar-refractivity contribution is 0.0636. The van der Waals surface area contributed by atoms with Crippen molar-refractivity contribution in [2.75, 3.05) is 5.32 Å². The number of ether oxygens (including phenoxy) is 1. The number of amides is 1. The van der Waals surface area contributed by atoms with E-state index in [4.69, 9.17) is 4.74 Å². The van der Waals surface area contributed by atoms with E-state index in [0.29, 0.717) is 12.2 Å². The van der Waals surface area contributed by atoms with E-state index in [0.717, 1.165) is 5.56 Å². The molecule has 0 aliphatic rings. The Bertz CT molecular complexity index is 573. The Morgan fingerprint density at radius 1 is 1.40 bits per heavy atom. The Labute approximate surface area is 117 Å². The van der Waals surface area contributed by atoms with Crippen molar-refractivity contribution in [1.29, 1.82) is 0 Å². The average molecular weight is 274 g/mol. The molecule has 0 fully saturated rings. The van der Waals surface area contributed by atoms with Crippen molar-refractivity contribution in [1.82, 2.24) is 14.8 Å². The highest BCUT2D eigenvalue weighted by Gasteiger charge is 2.16. The minimum absolute atomic E-state index is 0.463. The van der Waals surface area contributed by atoms with Crippen LogP contribution in [-0.4, -0.2) is 26.5 Å². The van der Waals surface area contributed by atoms with Gasteiger partial charge in [0.25, 0.3) is 0 Å². The maximum atomic E-state index is 11.7. The third-order valence-electron chi connectivity index (χ3n) is 2.38. The maximum absolute atomic E-state index is 11.7. The van der Waals surface area contributed by atoms with Gasteiger partial charge in [-0.05, 0) is 38.5 Å². The Morgan fingerprint density at radius 2 is 2.20 bits per heavy atom. The molecule has 0 radical (unpaired) electrons. The van der Waals surface area contributed by atoms with E-state index < -0.39 is 11.7 Å². The molecule has 6 nitrogen and oxygen atoms in total. The van der Waals surface area contributed by atoms with E-state index in [1.165, 1.54) is 6.33 Å². The predicted molar refractivity (Wildman–Crippen MR) is 75.4 cm³/mol. The van der Waals surface area contributed by atoms with Gasteiger partial charge in [-0.25, -0.2) is 14.5 Å². The normalized spacial score (nSPS) is 11.2. The van der Waals surface area contributed by atoms with Crippen molar-refractivity contribution in [3.8, 4) is 0 Å². The number of aromatic nitrogens is 3. The topological polar surface area (TPSA) is 69.0 Å². The van der Waals surface area contributed by atoms with Gasteiger partial charge in [-0.2, -0.15) is 5.10 Å². The molecule has 2 rings (SSSR count). The fraction of sp³-hybridized carbons (Fsp3) is 0.357. The molecule has 1 aromatic heterocycles. The van der Waals surface area contributed by atoms with Crippen LogP contribution in [0.3, 0.4) is 0 Å². The van der Waals surface area contributed by atoms with Crippen LogP contribution >= 0.6 is 0 Å². The van der Waals surface area contributed by atoms with Crippen LogP contribution in [0.15, 0.2) is 36.9 Å². The minimum Gasteiger partial charge on any atom is -0.444 e. The van der Waals surface area contributed by atoms with Crippen LogP contribution in [0.2, 0.25) is 0 Å². The standard InChI is InChI=1S/C14H18N4O2/c1-14(2,3)20-13(19)17-12-6-4-5-11(7-12)8-18-10-15-9-16-18/h4-7,9-10H,8H2,1-3H3,(H,17,19). The molecule has 2 aromatic rings. The van der Waals surface area contributed by atoms with E-state index in [1.807, 2.05) is 45.0 Å². The van der Waals surface area contributed by atoms with Gasteiger partial charge in [0.15, 0.2) is 0 Å². The van der Waals surface area contributed by atoms with Gasteiger partial charge in [0.05, 0.1) is 6.54 Å². The zero-order chi connectivity index (χ0) is 14.6. The van der Waals surface area contributed by atoms with E-state index >= 15 is 0 Å². The van der Waals surface area contributed by atoms with Gasteiger partial charge in [0.2, 0.25) is 0 Å². The molecule has 0 aliphatic carbocycles. The van der Waals surface area contributed by atoms with E-state index in [-0.39, 0.29) is 0 Å². The molecule has 0 bridgehead atoms. The van der Waals surface area contributed by atoms with Crippen LogP contribution < -0.4 is 5.32 Å². The van der Waals surface area contributed by atoms with Gasteiger partial charge >= 0.3 is 6.09 Å². The quantitative estimate of drug-likeness (QED) is 0.934. The summed E-state index contributed by atoms with van der Waals surface area (Å²) < 4.78 is 6.92. The minimum atomic E-state index is -0.511. The SMILES string of the molecule is CC(C)(C)OC(=O)Nc1cccc(Cn2cncn2)c1. The summed E-state index contributed by atoms with van der Waals surface area (Å²) in [5.41, 5.74) is 1.20. The fourth-order valence-electron chi connectivity index (χ4n) is 1.67. The molecule has 1 aromatic carbocycles. The van der Waals surface area contributed by atoms with Gasteiger partial charge in [-0.15, -0.1) is 0 Å². The number of anilines is 1. The Morgan fingerprint density at radius 3 is 2.85 bits per heavy atom. The molecule has 1 amide bonds. The first-order valence-corrected chi connectivity index (χ1v) is 6.34. The van der Waals surface area contributed by atoms with Crippen LogP contribution in [0.1, 0.15) is 26.3 Å². The molecule has 0 aliphatic heterocycles. The van der Waals surface area contributed by atoms with Crippen molar-refractivity contribution in [3.05, 3.63) is 42.5 Å². The highest BCUT2D eigenvalue weighted by molar-refractivity contribution is 5.84. The zero-order valence-corrected chi connectivity index (χ0v) is 11.8. The first-order valence-electron chi connectivity index (χ1n) is 6.34. The zero-order valence-electron chi connectivity index (χ0n) is 11.8. The number of carbonyl (C=O) groups is 1. The molecule has 20 heavy (non-hydrogen) atoms. The number of benzene rings is 1. The van der Waals surface area contributed by atoms with Gasteiger partial charge in [0, 0.05) is 5.69 Å². The molecule has 0 saturated carbocycles. The number of rotatable bonds is 3. The van der Waals surface area contributed by atoms with Gasteiger partial charge in [0.1, 0.15) is 18.3 Å². The lowest BCUT2D eigenvalue weighted by Gasteiger charge is -2.19. The molecule has 1 N–H and O–H groups in total. The van der Waals surface area contributed by atoms with Crippen molar-refractivity contribution < 1.29 is 9.53 Å². The second-order valence-corrected chi connectivity index (χ2v) is 5.42. The van der Waals surface area contributed by atoms with Gasteiger partial charge in [-0.1, -0.05) is 12.1 Å². The number of hydrogen-bond donors (Lipinski definition) is 1. The fourth-order valence-corrected chi connectivity index (χ4v) is 1.67. The summed E-state index contributed by atoms with van der Waals surface area (Å²) in [5.74, 6) is 0. The Balaban J connectivity index is 2.01. The maximum Gasteiger partial charge on any atom is 0.412 e. The van der Waals surface area contributed by atoms with Crippen molar-refractivity contribution >= 4 is 11.8 Å². The summed E-state index contributed by atoms with van der Waals surface area (Å²) in [5, 5.41) is 6.76. The predicted octanol–water partition coefficient (Wildman–Crippen LogP) is 2.67. The number of hydrogen-bond acceptors (Lipinski definition) is 4. The highest BCUT2D eigenvalue weighted by Crippen LogP contribution is 2.14. The largest absolute Gasteiger partial charge is 0.444 e. The molecular formula is C14H18N4O2. The molecule has 1 heterocycles. The second-order valence-electron chi connectivity index (χ2n) is 5.42. The second kappa shape index (κ2) is 5.73. The van der Waals surface area contributed by atoms with Crippen LogP contribution in [0.25, 0.3) is 0 Å². The van der Waals surface area contributed by atoms with Crippen LogP contribution in [-0.2, 0) is 11.3 Å². The summed E-state index contributed by atoms with van der Waals surface area (Å²) in [4.78, 5) is 15.6. The molecule has 6 heteroatoms. The van der Waals surface area contributed by atoms with Crippen LogP contribution in [0, 0.1) is 0 Å². The van der Waals surface area contributed by atoms with E-state index in [9.17, 15) is 4.79 Å². The highest BCUT2D eigenvalue weighted by atomic mass is 16.6. The van der Waals surface area contributed by atoms with Crippen molar-refractivity contribution in [3.63, 3.8) is 0 Å². The van der Waals surface area contributed by atoms with Crippen LogP contribution in [0.5, 0.6) is 0 Å². The average Bonchev–Trinajstić information content (AvgIpc) is 2.79. The van der Waals surface area contributed by atoms with E-state index in [2.05, 4.69) is 15.4 Å². The van der Waals surface area contributed by atoms with Crippen molar-refractivity contribution in [2.45, 2.75) is 32.9 Å². The third-order valence-corrected chi connectivity index (χ3v) is 2.38. The summed E-state index contributed by atoms with van der Waals surface area (Å²) in [7, 11) is 0. The summed E-state index contributed by atoms with van der Waals surface area (Å²) in [6, 6.07) is 7.53. The molecule has 106 valence electrons. The first kappa shape index (κ1) is 14.0. The first-order chi connectivity index (χ1) is 9.42. The lowest BCUT2D eigenvalue weighted by atomic mass is 10.2. The van der Waals surface area contributed by atoms with Gasteiger partial charge in [-0.3, -0.25) is 5.32 Å². The molecule has 0 saturated heterocycles. The van der Waals surface area contributed by atoms with Gasteiger partial charge < -0.3 is 4.74 Å². The summed E-state index contributed by atoms with van der Waals surface area (Å²) >= 11 is 0. The smallest absolute Gasteiger partial charge is 0.412 e. The summed E-state index contributed by atoms with van der Waals surface area (Å²) in [6.07, 6.45) is 2.67. The molecule has 0 atom stereocenters. The molecule has 0 unspecified atom stereocenters.